The van der Waals surface area contributed by atoms with Crippen LogP contribution in [0.4, 0.5) is 0 Å². The van der Waals surface area contributed by atoms with Crippen LogP contribution >= 0.6 is 0 Å². The van der Waals surface area contributed by atoms with E-state index in [0.717, 1.165) is 25.1 Å². The molecule has 1 aromatic heterocycles. The van der Waals surface area contributed by atoms with Gasteiger partial charge in [0.25, 0.3) is 0 Å². The maximum absolute atomic E-state index is 10.2. The van der Waals surface area contributed by atoms with Gasteiger partial charge in [-0.2, -0.15) is 0 Å². The number of nitrogens with one attached hydrogen (secondary N) is 1. The van der Waals surface area contributed by atoms with E-state index in [2.05, 4.69) is 52.5 Å². The number of aliphatic hydroxyl groups excluding tert-OH is 1. The van der Waals surface area contributed by atoms with Crippen LogP contribution in [0.25, 0.3) is 0 Å². The van der Waals surface area contributed by atoms with Crippen LogP contribution in [0.2, 0.25) is 0 Å². The van der Waals surface area contributed by atoms with Gasteiger partial charge in [0, 0.05) is 44.1 Å². The molecule has 1 aromatic carbocycles. The van der Waals surface area contributed by atoms with Gasteiger partial charge in [0.05, 0.1) is 6.10 Å². The molecule has 0 aliphatic carbocycles. The van der Waals surface area contributed by atoms with Crippen molar-refractivity contribution >= 4 is 0 Å². The van der Waals surface area contributed by atoms with Crippen molar-refractivity contribution in [3.8, 4) is 0 Å². The zero-order valence-corrected chi connectivity index (χ0v) is 13.6. The van der Waals surface area contributed by atoms with Gasteiger partial charge >= 0.3 is 0 Å². The average molecular weight is 311 g/mol. The van der Waals surface area contributed by atoms with Gasteiger partial charge in [-0.1, -0.05) is 30.3 Å². The smallest absolute Gasteiger partial charge is 0.0915 e. The summed E-state index contributed by atoms with van der Waals surface area (Å²) >= 11 is 0. The second kappa shape index (κ2) is 7.68. The second-order valence-electron chi connectivity index (χ2n) is 6.27. The summed E-state index contributed by atoms with van der Waals surface area (Å²) < 4.78 is 0. The molecule has 4 heteroatoms. The maximum atomic E-state index is 10.2. The quantitative estimate of drug-likeness (QED) is 0.861. The molecule has 1 fully saturated rings. The average Bonchev–Trinajstić information content (AvgIpc) is 3.09. The highest BCUT2D eigenvalue weighted by Gasteiger charge is 2.26. The van der Waals surface area contributed by atoms with Gasteiger partial charge in [-0.25, -0.2) is 0 Å². The van der Waals surface area contributed by atoms with Crippen molar-refractivity contribution in [1.29, 1.82) is 0 Å². The number of aromatic nitrogens is 1. The van der Waals surface area contributed by atoms with Gasteiger partial charge in [-0.3, -0.25) is 9.88 Å². The Morgan fingerprint density at radius 3 is 2.65 bits per heavy atom. The second-order valence-corrected chi connectivity index (χ2v) is 6.27. The van der Waals surface area contributed by atoms with Crippen molar-refractivity contribution < 1.29 is 5.11 Å². The number of pyridine rings is 1. The predicted molar refractivity (Wildman–Crippen MR) is 92.0 cm³/mol. The Kier molecular flexibility index (Phi) is 5.39. The third kappa shape index (κ3) is 4.16. The highest BCUT2D eigenvalue weighted by atomic mass is 16.3. The van der Waals surface area contributed by atoms with Gasteiger partial charge in [0.15, 0.2) is 0 Å². The molecule has 0 bridgehead atoms. The fraction of sp³-hybridized carbons (Fsp3) is 0.421. The largest absolute Gasteiger partial charge is 0.387 e. The predicted octanol–water partition coefficient (Wildman–Crippen LogP) is 2.54. The molecule has 2 heterocycles. The topological polar surface area (TPSA) is 48.4 Å². The SMILES string of the molecule is CC(c1ccccc1)N1CCC(NCC(O)c2ccncc2)C1. The van der Waals surface area contributed by atoms with Crippen molar-refractivity contribution in [2.45, 2.75) is 31.5 Å². The van der Waals surface area contributed by atoms with E-state index in [0.29, 0.717) is 18.6 Å². The molecule has 1 aliphatic rings. The molecule has 3 unspecified atom stereocenters. The minimum absolute atomic E-state index is 0.438. The minimum atomic E-state index is -0.474. The Morgan fingerprint density at radius 2 is 1.91 bits per heavy atom. The first-order valence-corrected chi connectivity index (χ1v) is 8.34. The lowest BCUT2D eigenvalue weighted by molar-refractivity contribution is 0.168. The summed E-state index contributed by atoms with van der Waals surface area (Å²) in [7, 11) is 0. The third-order valence-electron chi connectivity index (χ3n) is 4.74. The van der Waals surface area contributed by atoms with E-state index in [1.165, 1.54) is 5.56 Å². The van der Waals surface area contributed by atoms with Crippen LogP contribution in [0.15, 0.2) is 54.9 Å². The molecule has 1 aliphatic heterocycles. The van der Waals surface area contributed by atoms with E-state index in [-0.39, 0.29) is 0 Å². The molecule has 0 radical (unpaired) electrons. The van der Waals surface area contributed by atoms with Crippen LogP contribution in [0.3, 0.4) is 0 Å². The molecular formula is C19H25N3O. The lowest BCUT2D eigenvalue weighted by Crippen LogP contribution is -2.35. The normalized spacial score (nSPS) is 21.2. The molecule has 4 nitrogen and oxygen atoms in total. The summed E-state index contributed by atoms with van der Waals surface area (Å²) in [6.07, 6.45) is 4.09. The lowest BCUT2D eigenvalue weighted by atomic mass is 10.1. The summed E-state index contributed by atoms with van der Waals surface area (Å²) in [4.78, 5) is 6.49. The van der Waals surface area contributed by atoms with Crippen LogP contribution < -0.4 is 5.32 Å². The highest BCUT2D eigenvalue weighted by Crippen LogP contribution is 2.24. The van der Waals surface area contributed by atoms with Crippen LogP contribution in [-0.4, -0.2) is 40.7 Å². The van der Waals surface area contributed by atoms with Gasteiger partial charge in [0.2, 0.25) is 0 Å². The highest BCUT2D eigenvalue weighted by molar-refractivity contribution is 5.18. The monoisotopic (exact) mass is 311 g/mol. The maximum Gasteiger partial charge on any atom is 0.0915 e. The van der Waals surface area contributed by atoms with Crippen LogP contribution in [0.1, 0.15) is 36.6 Å². The van der Waals surface area contributed by atoms with Gasteiger partial charge in [-0.15, -0.1) is 0 Å². The Bertz CT molecular complexity index is 590. The van der Waals surface area contributed by atoms with Gasteiger partial charge in [-0.05, 0) is 36.6 Å². The molecule has 2 aromatic rings. The Balaban J connectivity index is 1.48. The van der Waals surface area contributed by atoms with E-state index < -0.39 is 6.10 Å². The standard InChI is InChI=1S/C19H25N3O/c1-15(16-5-3-2-4-6-16)22-12-9-18(14-22)21-13-19(23)17-7-10-20-11-8-17/h2-8,10-11,15,18-19,21,23H,9,12-14H2,1H3. The zero-order valence-electron chi connectivity index (χ0n) is 13.6. The first kappa shape index (κ1) is 16.1. The summed E-state index contributed by atoms with van der Waals surface area (Å²) in [5.74, 6) is 0. The third-order valence-corrected chi connectivity index (χ3v) is 4.74. The number of hydrogen-bond acceptors (Lipinski definition) is 4. The summed E-state index contributed by atoms with van der Waals surface area (Å²) in [6.45, 7) is 4.98. The van der Waals surface area contributed by atoms with Crippen molar-refractivity contribution in [2.75, 3.05) is 19.6 Å². The molecule has 0 amide bonds. The fourth-order valence-corrected chi connectivity index (χ4v) is 3.23. The number of likely N-dealkylation sites (tertiary alicyclic amines) is 1. The molecule has 23 heavy (non-hydrogen) atoms. The molecule has 1 saturated heterocycles. The van der Waals surface area contributed by atoms with E-state index in [1.54, 1.807) is 12.4 Å². The summed E-state index contributed by atoms with van der Waals surface area (Å²) in [5.41, 5.74) is 2.28. The number of benzene rings is 1. The number of aliphatic hydroxyl groups is 1. The summed E-state index contributed by atoms with van der Waals surface area (Å²) in [5, 5.41) is 13.7. The molecule has 3 rings (SSSR count). The van der Waals surface area contributed by atoms with Crippen molar-refractivity contribution in [2.24, 2.45) is 0 Å². The molecule has 3 atom stereocenters. The minimum Gasteiger partial charge on any atom is -0.387 e. The Hall–Kier alpha value is -1.75. The van der Waals surface area contributed by atoms with Gasteiger partial charge < -0.3 is 10.4 Å². The van der Waals surface area contributed by atoms with E-state index in [4.69, 9.17) is 0 Å². The van der Waals surface area contributed by atoms with Crippen molar-refractivity contribution in [1.82, 2.24) is 15.2 Å². The fourth-order valence-electron chi connectivity index (χ4n) is 3.23. The number of rotatable bonds is 6. The van der Waals surface area contributed by atoms with E-state index in [1.807, 2.05) is 12.1 Å². The van der Waals surface area contributed by atoms with Crippen LogP contribution in [0, 0.1) is 0 Å². The van der Waals surface area contributed by atoms with Crippen LogP contribution in [0.5, 0.6) is 0 Å². The van der Waals surface area contributed by atoms with Crippen LogP contribution in [-0.2, 0) is 0 Å². The first-order chi connectivity index (χ1) is 11.2. The van der Waals surface area contributed by atoms with E-state index in [9.17, 15) is 5.11 Å². The first-order valence-electron chi connectivity index (χ1n) is 8.34. The van der Waals surface area contributed by atoms with Crippen molar-refractivity contribution in [3.05, 3.63) is 66.0 Å². The van der Waals surface area contributed by atoms with Crippen molar-refractivity contribution in [3.63, 3.8) is 0 Å². The van der Waals surface area contributed by atoms with Gasteiger partial charge in [0.1, 0.15) is 0 Å². The molecule has 122 valence electrons. The number of hydrogen-bond donors (Lipinski definition) is 2. The molecular weight excluding hydrogens is 286 g/mol. The molecule has 2 N–H and O–H groups in total. The molecule has 0 spiro atoms. The van der Waals surface area contributed by atoms with E-state index >= 15 is 0 Å². The summed E-state index contributed by atoms with van der Waals surface area (Å²) in [6, 6.07) is 15.3. The zero-order chi connectivity index (χ0) is 16.1. The Morgan fingerprint density at radius 1 is 1.17 bits per heavy atom. The number of nitrogens with zero attached hydrogens (tertiary/aromatic N) is 2. The Labute approximate surface area is 138 Å². The molecule has 0 saturated carbocycles. The lowest BCUT2D eigenvalue weighted by Gasteiger charge is -2.25.